The predicted molar refractivity (Wildman–Crippen MR) is 89.1 cm³/mol. The van der Waals surface area contributed by atoms with E-state index in [-0.39, 0.29) is 18.8 Å². The molecule has 5 heteroatoms. The fraction of sp³-hybridized carbons (Fsp3) is 0.625. The summed E-state index contributed by atoms with van der Waals surface area (Å²) in [6.07, 6.45) is 0.980. The molecule has 0 aliphatic rings. The maximum atomic E-state index is 9.22. The van der Waals surface area contributed by atoms with Crippen LogP contribution in [0.5, 0.6) is 11.5 Å². The molecule has 0 fully saturated rings. The number of rotatable bonds is 9. The van der Waals surface area contributed by atoms with Gasteiger partial charge in [0.25, 0.3) is 0 Å². The van der Waals surface area contributed by atoms with Crippen molar-refractivity contribution in [3.63, 3.8) is 0 Å². The molecule has 1 aromatic rings. The highest BCUT2D eigenvalue weighted by molar-refractivity contribution is 9.10. The van der Waals surface area contributed by atoms with Crippen molar-refractivity contribution in [3.05, 3.63) is 22.2 Å². The molecule has 0 radical (unpaired) electrons. The van der Waals surface area contributed by atoms with Gasteiger partial charge in [-0.15, -0.1) is 0 Å². The van der Waals surface area contributed by atoms with Gasteiger partial charge < -0.3 is 19.9 Å². The third kappa shape index (κ3) is 5.85. The Morgan fingerprint density at radius 2 is 2.00 bits per heavy atom. The molecule has 1 aromatic carbocycles. The number of benzene rings is 1. The van der Waals surface area contributed by atoms with Gasteiger partial charge >= 0.3 is 0 Å². The Kier molecular flexibility index (Phi) is 8.07. The van der Waals surface area contributed by atoms with Gasteiger partial charge in [0.15, 0.2) is 11.5 Å². The van der Waals surface area contributed by atoms with Crippen molar-refractivity contribution in [1.29, 1.82) is 0 Å². The molecule has 4 nitrogen and oxygen atoms in total. The second-order valence-electron chi connectivity index (χ2n) is 5.17. The van der Waals surface area contributed by atoms with E-state index in [0.29, 0.717) is 13.2 Å². The Labute approximate surface area is 136 Å². The average molecular weight is 360 g/mol. The standard InChI is InChI=1S/C16H26BrNO3/c1-5-13(10-19)18-9-12-7-14(17)16(21-11(3)4)15(8-12)20-6-2/h7-8,11,13,18-19H,5-6,9-10H2,1-4H3/t13-/m0/s1. The molecule has 2 N–H and O–H groups in total. The smallest absolute Gasteiger partial charge is 0.175 e. The largest absolute Gasteiger partial charge is 0.490 e. The second-order valence-corrected chi connectivity index (χ2v) is 6.03. The Bertz CT molecular complexity index is 434. The molecule has 0 heterocycles. The normalized spacial score (nSPS) is 12.5. The van der Waals surface area contributed by atoms with Crippen molar-refractivity contribution in [1.82, 2.24) is 5.32 Å². The fourth-order valence-electron chi connectivity index (χ4n) is 1.94. The van der Waals surface area contributed by atoms with Crippen LogP contribution in [-0.4, -0.2) is 30.5 Å². The van der Waals surface area contributed by atoms with Crippen LogP contribution in [0.3, 0.4) is 0 Å². The zero-order chi connectivity index (χ0) is 15.8. The van der Waals surface area contributed by atoms with Crippen LogP contribution in [0.4, 0.5) is 0 Å². The first kappa shape index (κ1) is 18.3. The summed E-state index contributed by atoms with van der Waals surface area (Å²) in [4.78, 5) is 0. The Balaban J connectivity index is 2.92. The van der Waals surface area contributed by atoms with Crippen molar-refractivity contribution in [2.75, 3.05) is 13.2 Å². The van der Waals surface area contributed by atoms with E-state index < -0.39 is 0 Å². The predicted octanol–water partition coefficient (Wildman–Crippen LogP) is 3.50. The van der Waals surface area contributed by atoms with Crippen LogP contribution in [0.15, 0.2) is 16.6 Å². The van der Waals surface area contributed by atoms with Crippen LogP contribution in [0.25, 0.3) is 0 Å². The van der Waals surface area contributed by atoms with Gasteiger partial charge in [-0.25, -0.2) is 0 Å². The van der Waals surface area contributed by atoms with Gasteiger partial charge in [0.1, 0.15) is 0 Å². The Hall–Kier alpha value is -0.780. The number of hydrogen-bond donors (Lipinski definition) is 2. The lowest BCUT2D eigenvalue weighted by molar-refractivity contribution is 0.222. The third-order valence-corrected chi connectivity index (χ3v) is 3.62. The summed E-state index contributed by atoms with van der Waals surface area (Å²) in [5.41, 5.74) is 1.09. The number of halogens is 1. The first-order valence-corrected chi connectivity index (χ1v) is 8.27. The van der Waals surface area contributed by atoms with E-state index in [1.165, 1.54) is 0 Å². The molecular weight excluding hydrogens is 334 g/mol. The molecule has 0 unspecified atom stereocenters. The summed E-state index contributed by atoms with van der Waals surface area (Å²) in [6.45, 7) is 9.40. The summed E-state index contributed by atoms with van der Waals surface area (Å²) < 4.78 is 12.4. The molecule has 0 saturated heterocycles. The molecule has 1 atom stereocenters. The molecule has 0 bridgehead atoms. The zero-order valence-electron chi connectivity index (χ0n) is 13.3. The van der Waals surface area contributed by atoms with Crippen LogP contribution >= 0.6 is 15.9 Å². The van der Waals surface area contributed by atoms with E-state index in [2.05, 4.69) is 28.2 Å². The first-order valence-electron chi connectivity index (χ1n) is 7.47. The highest BCUT2D eigenvalue weighted by Gasteiger charge is 2.14. The van der Waals surface area contributed by atoms with Crippen molar-refractivity contribution < 1.29 is 14.6 Å². The molecular formula is C16H26BrNO3. The first-order chi connectivity index (χ1) is 10.0. The van der Waals surface area contributed by atoms with E-state index in [1.807, 2.05) is 32.9 Å². The summed E-state index contributed by atoms with van der Waals surface area (Å²) >= 11 is 3.56. The number of nitrogens with one attached hydrogen (secondary N) is 1. The van der Waals surface area contributed by atoms with Gasteiger partial charge in [0.05, 0.1) is 23.8 Å². The minimum absolute atomic E-state index is 0.0864. The van der Waals surface area contributed by atoms with Crippen molar-refractivity contribution in [2.24, 2.45) is 0 Å². The number of aliphatic hydroxyl groups is 1. The van der Waals surface area contributed by atoms with E-state index in [0.717, 1.165) is 28.0 Å². The highest BCUT2D eigenvalue weighted by atomic mass is 79.9. The zero-order valence-corrected chi connectivity index (χ0v) is 14.9. The summed E-state index contributed by atoms with van der Waals surface area (Å²) in [7, 11) is 0. The van der Waals surface area contributed by atoms with Crippen LogP contribution in [-0.2, 0) is 6.54 Å². The van der Waals surface area contributed by atoms with Crippen LogP contribution in [0.1, 0.15) is 39.7 Å². The van der Waals surface area contributed by atoms with Crippen molar-refractivity contribution in [3.8, 4) is 11.5 Å². The second kappa shape index (κ2) is 9.28. The Morgan fingerprint density at radius 1 is 1.29 bits per heavy atom. The molecule has 120 valence electrons. The van der Waals surface area contributed by atoms with Crippen molar-refractivity contribution >= 4 is 15.9 Å². The van der Waals surface area contributed by atoms with E-state index in [1.54, 1.807) is 0 Å². The van der Waals surface area contributed by atoms with E-state index in [4.69, 9.17) is 9.47 Å². The minimum atomic E-state index is 0.0864. The number of hydrogen-bond acceptors (Lipinski definition) is 4. The van der Waals surface area contributed by atoms with Gasteiger partial charge in [0, 0.05) is 12.6 Å². The Morgan fingerprint density at radius 3 is 2.52 bits per heavy atom. The molecule has 1 rings (SSSR count). The third-order valence-electron chi connectivity index (χ3n) is 3.03. The lowest BCUT2D eigenvalue weighted by atomic mass is 10.1. The monoisotopic (exact) mass is 359 g/mol. The van der Waals surface area contributed by atoms with Crippen LogP contribution < -0.4 is 14.8 Å². The summed E-state index contributed by atoms with van der Waals surface area (Å²) in [5, 5.41) is 12.5. The maximum Gasteiger partial charge on any atom is 0.175 e. The maximum absolute atomic E-state index is 9.22. The molecule has 0 aliphatic heterocycles. The van der Waals surface area contributed by atoms with Gasteiger partial charge in [-0.2, -0.15) is 0 Å². The van der Waals surface area contributed by atoms with Gasteiger partial charge in [0.2, 0.25) is 0 Å². The van der Waals surface area contributed by atoms with Crippen LogP contribution in [0, 0.1) is 0 Å². The number of aliphatic hydroxyl groups excluding tert-OH is 1. The lowest BCUT2D eigenvalue weighted by Crippen LogP contribution is -2.31. The SMILES string of the molecule is CCOc1cc(CN[C@@H](CC)CO)cc(Br)c1OC(C)C. The van der Waals surface area contributed by atoms with Crippen LogP contribution in [0.2, 0.25) is 0 Å². The fourth-order valence-corrected chi connectivity index (χ4v) is 2.52. The van der Waals surface area contributed by atoms with E-state index in [9.17, 15) is 5.11 Å². The average Bonchev–Trinajstić information content (AvgIpc) is 2.43. The van der Waals surface area contributed by atoms with Gasteiger partial charge in [-0.3, -0.25) is 0 Å². The lowest BCUT2D eigenvalue weighted by Gasteiger charge is -2.19. The molecule has 0 aromatic heterocycles. The minimum Gasteiger partial charge on any atom is -0.490 e. The molecule has 0 amide bonds. The van der Waals surface area contributed by atoms with Gasteiger partial charge in [-0.1, -0.05) is 6.92 Å². The van der Waals surface area contributed by atoms with Crippen molar-refractivity contribution in [2.45, 2.75) is 52.8 Å². The molecule has 21 heavy (non-hydrogen) atoms. The molecule has 0 aliphatic carbocycles. The summed E-state index contributed by atoms with van der Waals surface area (Å²) in [5.74, 6) is 1.49. The van der Waals surface area contributed by atoms with E-state index >= 15 is 0 Å². The highest BCUT2D eigenvalue weighted by Crippen LogP contribution is 2.37. The molecule has 0 spiro atoms. The molecule has 0 saturated carbocycles. The topological polar surface area (TPSA) is 50.7 Å². The van der Waals surface area contributed by atoms with Gasteiger partial charge in [-0.05, 0) is 60.8 Å². The summed E-state index contributed by atoms with van der Waals surface area (Å²) in [6, 6.07) is 4.13. The number of ether oxygens (including phenoxy) is 2. The quantitative estimate of drug-likeness (QED) is 0.708.